The summed E-state index contributed by atoms with van der Waals surface area (Å²) in [5.41, 5.74) is 3.68. The van der Waals surface area contributed by atoms with Crippen LogP contribution in [0.5, 0.6) is 0 Å². The Kier molecular flexibility index (Phi) is 5.45. The molecule has 0 saturated carbocycles. The standard InChI is InChI=1S/C12H24N2O3/c1-6-7-8-12(5,9(13)15)14-10(16)17-11(2,3)4/h6-8H2,1-5H3,(H2,13,15)(H,14,16). The zero-order valence-corrected chi connectivity index (χ0v) is 11.4. The lowest BCUT2D eigenvalue weighted by Gasteiger charge is -2.29. The van der Waals surface area contributed by atoms with Crippen LogP contribution in [-0.2, 0) is 9.53 Å². The molecule has 0 aromatic heterocycles. The summed E-state index contributed by atoms with van der Waals surface area (Å²) in [7, 11) is 0. The summed E-state index contributed by atoms with van der Waals surface area (Å²) in [6, 6.07) is 0. The molecule has 0 aromatic rings. The molecule has 17 heavy (non-hydrogen) atoms. The van der Waals surface area contributed by atoms with Gasteiger partial charge in [0, 0.05) is 0 Å². The first-order valence-corrected chi connectivity index (χ1v) is 5.92. The fourth-order valence-corrected chi connectivity index (χ4v) is 1.31. The molecule has 0 spiro atoms. The van der Waals surface area contributed by atoms with E-state index >= 15 is 0 Å². The minimum Gasteiger partial charge on any atom is -0.444 e. The topological polar surface area (TPSA) is 81.4 Å². The highest BCUT2D eigenvalue weighted by Crippen LogP contribution is 2.15. The Morgan fingerprint density at radius 2 is 1.76 bits per heavy atom. The molecule has 0 aliphatic carbocycles. The number of primary amides is 1. The Labute approximate surface area is 103 Å². The lowest BCUT2D eigenvalue weighted by atomic mass is 9.94. The van der Waals surface area contributed by atoms with Gasteiger partial charge in [0.05, 0.1) is 0 Å². The quantitative estimate of drug-likeness (QED) is 0.775. The maximum atomic E-state index is 11.6. The zero-order valence-electron chi connectivity index (χ0n) is 11.4. The number of nitrogens with two attached hydrogens (primary N) is 1. The summed E-state index contributed by atoms with van der Waals surface area (Å²) in [6.45, 7) is 8.92. The van der Waals surface area contributed by atoms with Crippen LogP contribution >= 0.6 is 0 Å². The summed E-state index contributed by atoms with van der Waals surface area (Å²) >= 11 is 0. The van der Waals surface area contributed by atoms with E-state index in [1.54, 1.807) is 27.7 Å². The highest BCUT2D eigenvalue weighted by molar-refractivity contribution is 5.88. The third-order valence-corrected chi connectivity index (χ3v) is 2.35. The van der Waals surface area contributed by atoms with Gasteiger partial charge in [0.25, 0.3) is 0 Å². The van der Waals surface area contributed by atoms with Gasteiger partial charge in [0.2, 0.25) is 5.91 Å². The van der Waals surface area contributed by atoms with Crippen LogP contribution in [0.25, 0.3) is 0 Å². The molecule has 0 saturated heterocycles. The average molecular weight is 244 g/mol. The van der Waals surface area contributed by atoms with E-state index in [0.29, 0.717) is 6.42 Å². The number of nitrogens with one attached hydrogen (secondary N) is 1. The summed E-state index contributed by atoms with van der Waals surface area (Å²) in [6.07, 6.45) is 1.64. The number of alkyl carbamates (subject to hydrolysis) is 1. The van der Waals surface area contributed by atoms with E-state index in [2.05, 4.69) is 5.32 Å². The molecule has 0 bridgehead atoms. The molecular formula is C12H24N2O3. The predicted octanol–water partition coefficient (Wildman–Crippen LogP) is 1.95. The summed E-state index contributed by atoms with van der Waals surface area (Å²) < 4.78 is 5.11. The molecule has 100 valence electrons. The van der Waals surface area contributed by atoms with E-state index in [0.717, 1.165) is 12.8 Å². The van der Waals surface area contributed by atoms with E-state index < -0.39 is 23.1 Å². The number of carbonyl (C=O) groups is 2. The number of amides is 2. The molecule has 0 aliphatic heterocycles. The Bertz CT molecular complexity index is 284. The maximum absolute atomic E-state index is 11.6. The van der Waals surface area contributed by atoms with Crippen LogP contribution in [0.1, 0.15) is 53.9 Å². The number of hydrogen-bond acceptors (Lipinski definition) is 3. The first-order chi connectivity index (χ1) is 7.60. The van der Waals surface area contributed by atoms with E-state index in [-0.39, 0.29) is 0 Å². The fraction of sp³-hybridized carbons (Fsp3) is 0.833. The van der Waals surface area contributed by atoms with E-state index in [1.165, 1.54) is 0 Å². The molecule has 0 fully saturated rings. The summed E-state index contributed by atoms with van der Waals surface area (Å²) in [5, 5.41) is 2.55. The third-order valence-electron chi connectivity index (χ3n) is 2.35. The zero-order chi connectivity index (χ0) is 13.7. The molecular weight excluding hydrogens is 220 g/mol. The molecule has 0 aliphatic rings. The second-order valence-corrected chi connectivity index (χ2v) is 5.43. The first kappa shape index (κ1) is 15.7. The van der Waals surface area contributed by atoms with Gasteiger partial charge < -0.3 is 15.8 Å². The molecule has 2 amide bonds. The SMILES string of the molecule is CCCCC(C)(NC(=O)OC(C)(C)C)C(N)=O. The van der Waals surface area contributed by atoms with Crippen molar-refractivity contribution < 1.29 is 14.3 Å². The van der Waals surface area contributed by atoms with Crippen molar-refractivity contribution >= 4 is 12.0 Å². The smallest absolute Gasteiger partial charge is 0.408 e. The lowest BCUT2D eigenvalue weighted by molar-refractivity contribution is -0.124. The van der Waals surface area contributed by atoms with Crippen LogP contribution in [0.15, 0.2) is 0 Å². The van der Waals surface area contributed by atoms with Crippen molar-refractivity contribution in [1.82, 2.24) is 5.32 Å². The van der Waals surface area contributed by atoms with Crippen LogP contribution in [0, 0.1) is 0 Å². The molecule has 5 heteroatoms. The van der Waals surface area contributed by atoms with Crippen LogP contribution < -0.4 is 11.1 Å². The number of hydrogen-bond donors (Lipinski definition) is 2. The van der Waals surface area contributed by atoms with Gasteiger partial charge in [-0.25, -0.2) is 4.79 Å². The Morgan fingerprint density at radius 1 is 1.24 bits per heavy atom. The predicted molar refractivity (Wildman–Crippen MR) is 66.5 cm³/mol. The van der Waals surface area contributed by atoms with E-state index in [1.807, 2.05) is 6.92 Å². The van der Waals surface area contributed by atoms with Crippen molar-refractivity contribution in [2.24, 2.45) is 5.73 Å². The normalized spacial score (nSPS) is 14.9. The number of rotatable bonds is 5. The third kappa shape index (κ3) is 6.14. The molecule has 0 rings (SSSR count). The minimum absolute atomic E-state index is 0.512. The summed E-state index contributed by atoms with van der Waals surface area (Å²) in [4.78, 5) is 23.0. The van der Waals surface area contributed by atoms with Crippen LogP contribution in [0.4, 0.5) is 4.79 Å². The van der Waals surface area contributed by atoms with E-state index in [9.17, 15) is 9.59 Å². The highest BCUT2D eigenvalue weighted by atomic mass is 16.6. The Balaban J connectivity index is 4.55. The number of ether oxygens (including phenoxy) is 1. The first-order valence-electron chi connectivity index (χ1n) is 5.92. The molecule has 0 aromatic carbocycles. The second-order valence-electron chi connectivity index (χ2n) is 5.43. The van der Waals surface area contributed by atoms with Crippen molar-refractivity contribution in [2.45, 2.75) is 65.0 Å². The Hall–Kier alpha value is -1.26. The monoisotopic (exact) mass is 244 g/mol. The number of unbranched alkanes of at least 4 members (excludes halogenated alkanes) is 1. The molecule has 0 heterocycles. The molecule has 5 nitrogen and oxygen atoms in total. The van der Waals surface area contributed by atoms with Crippen molar-refractivity contribution in [3.63, 3.8) is 0 Å². The van der Waals surface area contributed by atoms with Gasteiger partial charge in [-0.3, -0.25) is 4.79 Å². The van der Waals surface area contributed by atoms with Crippen molar-refractivity contribution in [2.75, 3.05) is 0 Å². The van der Waals surface area contributed by atoms with Gasteiger partial charge in [0.1, 0.15) is 11.1 Å². The van der Waals surface area contributed by atoms with Crippen molar-refractivity contribution in [3.8, 4) is 0 Å². The molecule has 3 N–H and O–H groups in total. The molecule has 1 unspecified atom stereocenters. The maximum Gasteiger partial charge on any atom is 0.408 e. The largest absolute Gasteiger partial charge is 0.444 e. The fourth-order valence-electron chi connectivity index (χ4n) is 1.31. The van der Waals surface area contributed by atoms with Crippen LogP contribution in [0.3, 0.4) is 0 Å². The van der Waals surface area contributed by atoms with Gasteiger partial charge in [-0.1, -0.05) is 19.8 Å². The molecule has 1 atom stereocenters. The van der Waals surface area contributed by atoms with E-state index in [4.69, 9.17) is 10.5 Å². The van der Waals surface area contributed by atoms with Gasteiger partial charge >= 0.3 is 6.09 Å². The summed E-state index contributed by atoms with van der Waals surface area (Å²) in [5.74, 6) is -0.545. The Morgan fingerprint density at radius 3 is 2.12 bits per heavy atom. The van der Waals surface area contributed by atoms with Crippen LogP contribution in [-0.4, -0.2) is 23.1 Å². The second kappa shape index (κ2) is 5.89. The van der Waals surface area contributed by atoms with Gasteiger partial charge in [-0.05, 0) is 34.1 Å². The van der Waals surface area contributed by atoms with Gasteiger partial charge in [-0.2, -0.15) is 0 Å². The minimum atomic E-state index is -1.04. The van der Waals surface area contributed by atoms with Gasteiger partial charge in [0.15, 0.2) is 0 Å². The van der Waals surface area contributed by atoms with Crippen molar-refractivity contribution in [1.29, 1.82) is 0 Å². The average Bonchev–Trinajstić information content (AvgIpc) is 2.11. The van der Waals surface area contributed by atoms with Crippen molar-refractivity contribution in [3.05, 3.63) is 0 Å². The molecule has 0 radical (unpaired) electrons. The highest BCUT2D eigenvalue weighted by Gasteiger charge is 2.33. The number of carbonyl (C=O) groups excluding carboxylic acids is 2. The van der Waals surface area contributed by atoms with Crippen LogP contribution in [0.2, 0.25) is 0 Å². The van der Waals surface area contributed by atoms with Gasteiger partial charge in [-0.15, -0.1) is 0 Å². The lowest BCUT2D eigenvalue weighted by Crippen LogP contribution is -2.56.